The molecule has 6 heteroatoms. The predicted octanol–water partition coefficient (Wildman–Crippen LogP) is 3.66. The molecule has 0 radical (unpaired) electrons. The first-order chi connectivity index (χ1) is 9.20. The van der Waals surface area contributed by atoms with E-state index >= 15 is 0 Å². The van der Waals surface area contributed by atoms with E-state index in [2.05, 4.69) is 9.98 Å². The lowest BCUT2D eigenvalue weighted by molar-refractivity contribution is 0.419. The van der Waals surface area contributed by atoms with E-state index in [0.717, 1.165) is 16.0 Å². The van der Waals surface area contributed by atoms with Gasteiger partial charge in [-0.3, -0.25) is 4.57 Å². The molecule has 19 heavy (non-hydrogen) atoms. The highest BCUT2D eigenvalue weighted by molar-refractivity contribution is 7.73. The highest BCUT2D eigenvalue weighted by Gasteiger charge is 2.15. The van der Waals surface area contributed by atoms with Gasteiger partial charge in [-0.05, 0) is 37.4 Å². The van der Waals surface area contributed by atoms with E-state index in [1.807, 2.05) is 25.1 Å². The average molecular weight is 289 g/mol. The van der Waals surface area contributed by atoms with E-state index in [0.29, 0.717) is 16.3 Å². The molecule has 0 fully saturated rings. The first kappa shape index (κ1) is 12.3. The van der Waals surface area contributed by atoms with Crippen molar-refractivity contribution < 1.29 is 5.11 Å². The molecular weight excluding hydrogens is 278 g/mol. The van der Waals surface area contributed by atoms with Gasteiger partial charge in [-0.25, -0.2) is 9.98 Å². The molecule has 0 saturated carbocycles. The van der Waals surface area contributed by atoms with Gasteiger partial charge in [0, 0.05) is 30.1 Å². The molecule has 0 aliphatic carbocycles. The molecule has 0 bridgehead atoms. The molecule has 0 saturated heterocycles. The summed E-state index contributed by atoms with van der Waals surface area (Å²) in [5.41, 5.74) is 1.92. The Morgan fingerprint density at radius 2 is 2.37 bits per heavy atom. The summed E-state index contributed by atoms with van der Waals surface area (Å²) in [7, 11) is 0. The van der Waals surface area contributed by atoms with Gasteiger partial charge in [0.15, 0.2) is 9.77 Å². The fourth-order valence-electron chi connectivity index (χ4n) is 1.97. The standard InChI is InChI=1S/C13H11N3OS2/c1-2-16-12(17)10(19-13(16)18)6-8-7-15-11-9(8)4-3-5-14-11/h3-7,17H,2H2,1H3/b8-6+. The third kappa shape index (κ3) is 2.02. The molecule has 0 spiro atoms. The summed E-state index contributed by atoms with van der Waals surface area (Å²) < 4.78 is 2.39. The quantitative estimate of drug-likeness (QED) is 0.858. The van der Waals surface area contributed by atoms with Gasteiger partial charge in [0.1, 0.15) is 0 Å². The lowest BCUT2D eigenvalue weighted by atomic mass is 10.1. The Morgan fingerprint density at radius 1 is 1.53 bits per heavy atom. The third-order valence-electron chi connectivity index (χ3n) is 2.92. The van der Waals surface area contributed by atoms with E-state index in [1.165, 1.54) is 11.3 Å². The molecule has 1 aliphatic rings. The van der Waals surface area contributed by atoms with Crippen molar-refractivity contribution in [1.82, 2.24) is 9.55 Å². The zero-order chi connectivity index (χ0) is 13.4. The van der Waals surface area contributed by atoms with Crippen molar-refractivity contribution in [2.24, 2.45) is 4.99 Å². The number of hydrogen-bond donors (Lipinski definition) is 1. The number of thiazole rings is 1. The monoisotopic (exact) mass is 289 g/mol. The van der Waals surface area contributed by atoms with Crippen molar-refractivity contribution in [3.63, 3.8) is 0 Å². The van der Waals surface area contributed by atoms with Crippen LogP contribution in [0.4, 0.5) is 5.82 Å². The van der Waals surface area contributed by atoms with Crippen molar-refractivity contribution in [3.8, 4) is 5.88 Å². The van der Waals surface area contributed by atoms with Crippen LogP contribution in [0.1, 0.15) is 17.4 Å². The minimum absolute atomic E-state index is 0.218. The number of aromatic hydroxyl groups is 1. The van der Waals surface area contributed by atoms with Gasteiger partial charge in [-0.1, -0.05) is 0 Å². The zero-order valence-electron chi connectivity index (χ0n) is 10.2. The van der Waals surface area contributed by atoms with Crippen LogP contribution in [0, 0.1) is 3.95 Å². The highest BCUT2D eigenvalue weighted by atomic mass is 32.1. The molecule has 0 atom stereocenters. The summed E-state index contributed by atoms with van der Waals surface area (Å²) in [5, 5.41) is 10.1. The lowest BCUT2D eigenvalue weighted by Gasteiger charge is -2.00. The summed E-state index contributed by atoms with van der Waals surface area (Å²) in [6, 6.07) is 3.84. The maximum absolute atomic E-state index is 10.1. The SMILES string of the molecule is CCn1c(O)c(/C=C2\C=Nc3ncccc32)sc1=S. The number of hydrogen-bond acceptors (Lipinski definition) is 5. The second-order valence-electron chi connectivity index (χ2n) is 4.03. The Hall–Kier alpha value is -1.79. The van der Waals surface area contributed by atoms with Gasteiger partial charge >= 0.3 is 0 Å². The number of aromatic nitrogens is 2. The average Bonchev–Trinajstić information content (AvgIpc) is 2.93. The normalized spacial score (nSPS) is 15.1. The highest BCUT2D eigenvalue weighted by Crippen LogP contribution is 2.34. The van der Waals surface area contributed by atoms with E-state index in [4.69, 9.17) is 12.2 Å². The second-order valence-corrected chi connectivity index (χ2v) is 5.71. The molecule has 1 N–H and O–H groups in total. The van der Waals surface area contributed by atoms with Crippen LogP contribution >= 0.6 is 23.6 Å². The van der Waals surface area contributed by atoms with Crippen molar-refractivity contribution in [2.75, 3.05) is 0 Å². The van der Waals surface area contributed by atoms with Crippen LogP contribution in [-0.2, 0) is 6.54 Å². The van der Waals surface area contributed by atoms with Gasteiger partial charge in [0.2, 0.25) is 5.88 Å². The van der Waals surface area contributed by atoms with Gasteiger partial charge in [-0.15, -0.1) is 11.3 Å². The Morgan fingerprint density at radius 3 is 3.11 bits per heavy atom. The first-order valence-corrected chi connectivity index (χ1v) is 7.07. The van der Waals surface area contributed by atoms with Crippen molar-refractivity contribution in [3.05, 3.63) is 32.7 Å². The Kier molecular flexibility index (Phi) is 3.04. The summed E-state index contributed by atoms with van der Waals surface area (Å²) in [6.07, 6.45) is 5.38. The van der Waals surface area contributed by atoms with E-state index in [-0.39, 0.29) is 5.88 Å². The minimum atomic E-state index is 0.218. The maximum atomic E-state index is 10.1. The number of fused-ring (bicyclic) bond motifs is 1. The predicted molar refractivity (Wildman–Crippen MR) is 80.7 cm³/mol. The number of allylic oxidation sites excluding steroid dienone is 1. The Balaban J connectivity index is 2.10. The van der Waals surface area contributed by atoms with Gasteiger partial charge in [0.25, 0.3) is 0 Å². The van der Waals surface area contributed by atoms with Crippen molar-refractivity contribution >= 4 is 47.2 Å². The Bertz CT molecular complexity index is 755. The van der Waals surface area contributed by atoms with Crippen LogP contribution in [0.5, 0.6) is 5.88 Å². The van der Waals surface area contributed by atoms with Crippen LogP contribution in [-0.4, -0.2) is 20.9 Å². The van der Waals surface area contributed by atoms with Crippen molar-refractivity contribution in [1.29, 1.82) is 0 Å². The summed E-state index contributed by atoms with van der Waals surface area (Å²) in [4.78, 5) is 9.19. The van der Waals surface area contributed by atoms with Gasteiger partial charge in [-0.2, -0.15) is 0 Å². The first-order valence-electron chi connectivity index (χ1n) is 5.84. The van der Waals surface area contributed by atoms with E-state index < -0.39 is 0 Å². The van der Waals surface area contributed by atoms with Crippen LogP contribution < -0.4 is 0 Å². The number of aliphatic imine (C=N–C) groups is 1. The van der Waals surface area contributed by atoms with Crippen LogP contribution in [0.15, 0.2) is 23.3 Å². The fourth-order valence-corrected chi connectivity index (χ4v) is 3.35. The largest absolute Gasteiger partial charge is 0.493 e. The topological polar surface area (TPSA) is 50.4 Å². The smallest absolute Gasteiger partial charge is 0.210 e. The molecule has 3 rings (SSSR count). The molecule has 2 aromatic heterocycles. The molecule has 96 valence electrons. The van der Waals surface area contributed by atoms with E-state index in [1.54, 1.807) is 17.0 Å². The second kappa shape index (κ2) is 4.71. The number of rotatable bonds is 2. The summed E-state index contributed by atoms with van der Waals surface area (Å²) in [6.45, 7) is 2.62. The lowest BCUT2D eigenvalue weighted by Crippen LogP contribution is -1.91. The van der Waals surface area contributed by atoms with Gasteiger partial charge in [0.05, 0.1) is 4.88 Å². The zero-order valence-corrected chi connectivity index (χ0v) is 11.8. The molecule has 0 unspecified atom stereocenters. The number of nitrogens with zero attached hydrogens (tertiary/aromatic N) is 3. The number of pyridine rings is 1. The molecule has 0 aromatic carbocycles. The van der Waals surface area contributed by atoms with E-state index in [9.17, 15) is 5.11 Å². The molecule has 2 aromatic rings. The third-order valence-corrected chi connectivity index (χ3v) is 4.31. The summed E-state index contributed by atoms with van der Waals surface area (Å²) >= 11 is 6.62. The minimum Gasteiger partial charge on any atom is -0.493 e. The fraction of sp³-hybridized carbons (Fsp3) is 0.154. The molecule has 4 nitrogen and oxygen atoms in total. The van der Waals surface area contributed by atoms with Crippen LogP contribution in [0.25, 0.3) is 11.6 Å². The maximum Gasteiger partial charge on any atom is 0.210 e. The molecule has 3 heterocycles. The summed E-state index contributed by atoms with van der Waals surface area (Å²) in [5.74, 6) is 0.933. The molecule has 0 amide bonds. The molecular formula is C13H11N3OS2. The van der Waals surface area contributed by atoms with Gasteiger partial charge < -0.3 is 5.11 Å². The van der Waals surface area contributed by atoms with Crippen LogP contribution in [0.3, 0.4) is 0 Å². The van der Waals surface area contributed by atoms with Crippen LogP contribution in [0.2, 0.25) is 0 Å². The van der Waals surface area contributed by atoms with Crippen molar-refractivity contribution in [2.45, 2.75) is 13.5 Å². The molecule has 1 aliphatic heterocycles. The Labute approximate surface area is 119 Å².